The van der Waals surface area contributed by atoms with Crippen LogP contribution in [0, 0.1) is 0 Å². The van der Waals surface area contributed by atoms with Crippen LogP contribution in [0.15, 0.2) is 18.2 Å². The summed E-state index contributed by atoms with van der Waals surface area (Å²) in [6.07, 6.45) is 1.69. The molecule has 1 heterocycles. The Morgan fingerprint density at radius 1 is 1.26 bits per heavy atom. The quantitative estimate of drug-likeness (QED) is 0.780. The van der Waals surface area contributed by atoms with E-state index in [1.54, 1.807) is 13.0 Å². The molecule has 1 aromatic rings. The Labute approximate surface area is 117 Å². The average Bonchev–Trinajstić information content (AvgIpc) is 2.64. The molecule has 102 valence electrons. The van der Waals surface area contributed by atoms with Gasteiger partial charge in [-0.1, -0.05) is 17.7 Å². The predicted octanol–water partition coefficient (Wildman–Crippen LogP) is 2.21. The zero-order valence-corrected chi connectivity index (χ0v) is 11.7. The minimum Gasteiger partial charge on any atom is -0.369 e. The van der Waals surface area contributed by atoms with Crippen LogP contribution in [0.4, 0.5) is 5.69 Å². The maximum absolute atomic E-state index is 11.4. The van der Waals surface area contributed by atoms with Gasteiger partial charge >= 0.3 is 0 Å². The van der Waals surface area contributed by atoms with Gasteiger partial charge in [0.05, 0.1) is 10.6 Å². The Hall–Kier alpha value is -1.55. The highest BCUT2D eigenvalue weighted by atomic mass is 35.5. The van der Waals surface area contributed by atoms with E-state index in [1.165, 1.54) is 0 Å². The van der Waals surface area contributed by atoms with Gasteiger partial charge in [-0.3, -0.25) is 9.59 Å². The lowest BCUT2D eigenvalue weighted by Gasteiger charge is -2.24. The molecule has 1 fully saturated rings. The molecule has 0 saturated carbocycles. The molecule has 2 rings (SSSR count). The molecular formula is C14H17ClN2O2. The van der Waals surface area contributed by atoms with Crippen LogP contribution >= 0.6 is 11.6 Å². The fourth-order valence-electron chi connectivity index (χ4n) is 2.39. The van der Waals surface area contributed by atoms with E-state index in [4.69, 9.17) is 11.6 Å². The summed E-state index contributed by atoms with van der Waals surface area (Å²) in [7, 11) is 0. The first-order chi connectivity index (χ1) is 9.13. The monoisotopic (exact) mass is 280 g/mol. The first-order valence-electron chi connectivity index (χ1n) is 6.37. The van der Waals surface area contributed by atoms with Crippen molar-refractivity contribution in [3.05, 3.63) is 28.8 Å². The molecule has 0 aliphatic carbocycles. The molecule has 1 aliphatic heterocycles. The normalized spacial score (nSPS) is 16.1. The molecule has 19 heavy (non-hydrogen) atoms. The third kappa shape index (κ3) is 3.07. The van der Waals surface area contributed by atoms with Gasteiger partial charge in [-0.2, -0.15) is 0 Å². The number of rotatable bonds is 2. The Morgan fingerprint density at radius 3 is 2.74 bits per heavy atom. The smallest absolute Gasteiger partial charge is 0.219 e. The van der Waals surface area contributed by atoms with E-state index in [1.807, 2.05) is 17.0 Å². The van der Waals surface area contributed by atoms with Gasteiger partial charge in [0.2, 0.25) is 5.91 Å². The van der Waals surface area contributed by atoms with Crippen molar-refractivity contribution in [3.8, 4) is 0 Å². The van der Waals surface area contributed by atoms with Crippen molar-refractivity contribution in [3.63, 3.8) is 0 Å². The van der Waals surface area contributed by atoms with Gasteiger partial charge in [0.1, 0.15) is 0 Å². The van der Waals surface area contributed by atoms with Gasteiger partial charge in [0.25, 0.3) is 0 Å². The molecule has 5 heteroatoms. The highest BCUT2D eigenvalue weighted by Gasteiger charge is 2.19. The van der Waals surface area contributed by atoms with E-state index < -0.39 is 0 Å². The van der Waals surface area contributed by atoms with Crippen LogP contribution in [0.1, 0.15) is 23.7 Å². The minimum atomic E-state index is 0.101. The summed E-state index contributed by atoms with van der Waals surface area (Å²) in [5.41, 5.74) is 1.38. The largest absolute Gasteiger partial charge is 0.369 e. The van der Waals surface area contributed by atoms with E-state index in [0.717, 1.165) is 38.0 Å². The number of carbonyl (C=O) groups is 2. The molecule has 1 saturated heterocycles. The highest BCUT2D eigenvalue weighted by molar-refractivity contribution is 6.33. The maximum atomic E-state index is 11.4. The Bertz CT molecular complexity index is 490. The van der Waals surface area contributed by atoms with Crippen molar-refractivity contribution in [2.45, 2.75) is 13.3 Å². The number of hydrogen-bond acceptors (Lipinski definition) is 3. The van der Waals surface area contributed by atoms with Crippen molar-refractivity contribution in [1.29, 1.82) is 0 Å². The van der Waals surface area contributed by atoms with Gasteiger partial charge in [-0.05, 0) is 18.6 Å². The molecule has 4 nitrogen and oxygen atoms in total. The number of anilines is 1. The molecule has 0 atom stereocenters. The number of carbonyl (C=O) groups excluding carboxylic acids is 2. The summed E-state index contributed by atoms with van der Waals surface area (Å²) in [6, 6.07) is 5.46. The molecule has 0 aromatic heterocycles. The molecule has 0 bridgehead atoms. The fourth-order valence-corrected chi connectivity index (χ4v) is 2.61. The molecule has 0 radical (unpaired) electrons. The molecule has 0 N–H and O–H groups in total. The van der Waals surface area contributed by atoms with Crippen molar-refractivity contribution in [1.82, 2.24) is 4.90 Å². The lowest BCUT2D eigenvalue weighted by atomic mass is 10.1. The van der Waals surface area contributed by atoms with Gasteiger partial charge in [0.15, 0.2) is 6.29 Å². The van der Waals surface area contributed by atoms with E-state index >= 15 is 0 Å². The Balaban J connectivity index is 2.21. The standard InChI is InChI=1S/C14H17ClN2O2/c1-11(19)16-6-3-7-17(9-8-16)14-5-2-4-13(15)12(14)10-18/h2,4-5,10H,3,6-9H2,1H3. The van der Waals surface area contributed by atoms with Gasteiger partial charge in [0, 0.05) is 38.8 Å². The second-order valence-electron chi connectivity index (χ2n) is 4.64. The summed E-state index contributed by atoms with van der Waals surface area (Å²) in [5.74, 6) is 0.101. The van der Waals surface area contributed by atoms with Crippen LogP contribution in [0.3, 0.4) is 0 Å². The van der Waals surface area contributed by atoms with Crippen LogP contribution in [0.2, 0.25) is 5.02 Å². The number of nitrogens with zero attached hydrogens (tertiary/aromatic N) is 2. The third-order valence-corrected chi connectivity index (χ3v) is 3.76. The van der Waals surface area contributed by atoms with Crippen LogP contribution in [-0.4, -0.2) is 43.3 Å². The van der Waals surface area contributed by atoms with Crippen molar-refractivity contribution in [2.24, 2.45) is 0 Å². The first kappa shape index (κ1) is 13.9. The van der Waals surface area contributed by atoms with E-state index in [0.29, 0.717) is 17.1 Å². The number of amides is 1. The first-order valence-corrected chi connectivity index (χ1v) is 6.75. The van der Waals surface area contributed by atoms with Gasteiger partial charge < -0.3 is 9.80 Å². The number of halogens is 1. The van der Waals surface area contributed by atoms with E-state index in [2.05, 4.69) is 4.90 Å². The van der Waals surface area contributed by atoms with Crippen molar-refractivity contribution in [2.75, 3.05) is 31.1 Å². The predicted molar refractivity (Wildman–Crippen MR) is 75.9 cm³/mol. The molecule has 0 unspecified atom stereocenters. The summed E-state index contributed by atoms with van der Waals surface area (Å²) < 4.78 is 0. The topological polar surface area (TPSA) is 40.6 Å². The lowest BCUT2D eigenvalue weighted by molar-refractivity contribution is -0.128. The van der Waals surface area contributed by atoms with Crippen molar-refractivity contribution >= 4 is 29.5 Å². The van der Waals surface area contributed by atoms with Crippen molar-refractivity contribution < 1.29 is 9.59 Å². The van der Waals surface area contributed by atoms with Gasteiger partial charge in [-0.25, -0.2) is 0 Å². The second kappa shape index (κ2) is 6.06. The lowest BCUT2D eigenvalue weighted by Crippen LogP contribution is -2.33. The molecule has 1 amide bonds. The highest BCUT2D eigenvalue weighted by Crippen LogP contribution is 2.26. The summed E-state index contributed by atoms with van der Waals surface area (Å²) in [6.45, 7) is 4.58. The van der Waals surface area contributed by atoms with Crippen LogP contribution in [-0.2, 0) is 4.79 Å². The molecule has 1 aromatic carbocycles. The number of hydrogen-bond donors (Lipinski definition) is 0. The summed E-state index contributed by atoms with van der Waals surface area (Å²) in [5, 5.41) is 0.472. The van der Waals surface area contributed by atoms with Crippen LogP contribution in [0.25, 0.3) is 0 Å². The molecular weight excluding hydrogens is 264 g/mol. The Kier molecular flexibility index (Phi) is 4.43. The minimum absolute atomic E-state index is 0.101. The fraction of sp³-hybridized carbons (Fsp3) is 0.429. The third-order valence-electron chi connectivity index (χ3n) is 3.43. The zero-order valence-electron chi connectivity index (χ0n) is 10.9. The summed E-state index contributed by atoms with van der Waals surface area (Å²) in [4.78, 5) is 26.5. The zero-order chi connectivity index (χ0) is 13.8. The van der Waals surface area contributed by atoms with E-state index in [9.17, 15) is 9.59 Å². The average molecular weight is 281 g/mol. The van der Waals surface area contributed by atoms with Gasteiger partial charge in [-0.15, -0.1) is 0 Å². The molecule has 0 spiro atoms. The van der Waals surface area contributed by atoms with E-state index in [-0.39, 0.29) is 5.91 Å². The molecule has 1 aliphatic rings. The summed E-state index contributed by atoms with van der Waals surface area (Å²) >= 11 is 6.05. The number of benzene rings is 1. The van der Waals surface area contributed by atoms with Crippen LogP contribution in [0.5, 0.6) is 0 Å². The maximum Gasteiger partial charge on any atom is 0.219 e. The SMILES string of the molecule is CC(=O)N1CCCN(c2cccc(Cl)c2C=O)CC1. The second-order valence-corrected chi connectivity index (χ2v) is 5.04. The Morgan fingerprint density at radius 2 is 2.05 bits per heavy atom. The van der Waals surface area contributed by atoms with Crippen LogP contribution < -0.4 is 4.90 Å². The number of aldehydes is 1.